The fraction of sp³-hybridized carbons (Fsp3) is 0.333. The molecule has 98 valence electrons. The van der Waals surface area contributed by atoms with Crippen molar-refractivity contribution >= 4 is 27.3 Å². The first-order valence-corrected chi connectivity index (χ1v) is 7.19. The van der Waals surface area contributed by atoms with Gasteiger partial charge in [0.1, 0.15) is 0 Å². The molecule has 3 N–H and O–H groups in total. The van der Waals surface area contributed by atoms with E-state index in [-0.39, 0.29) is 11.4 Å². The number of nitrogens with two attached hydrogens (primary N) is 1. The second-order valence-electron chi connectivity index (χ2n) is 3.69. The molecule has 4 nitrogen and oxygen atoms in total. The van der Waals surface area contributed by atoms with Gasteiger partial charge in [0.2, 0.25) is 10.0 Å². The Morgan fingerprint density at radius 1 is 1.44 bits per heavy atom. The summed E-state index contributed by atoms with van der Waals surface area (Å²) in [6.45, 7) is 3.70. The Hall–Kier alpha value is -1.22. The van der Waals surface area contributed by atoms with Gasteiger partial charge in [0, 0.05) is 23.7 Å². The van der Waals surface area contributed by atoms with E-state index in [1.807, 2.05) is 0 Å². The molecule has 1 aromatic carbocycles. The number of sulfonamides is 1. The van der Waals surface area contributed by atoms with Gasteiger partial charge in [-0.25, -0.2) is 13.1 Å². The molecule has 0 aromatic heterocycles. The molecule has 6 heteroatoms. The van der Waals surface area contributed by atoms with Crippen molar-refractivity contribution in [2.24, 2.45) is 0 Å². The van der Waals surface area contributed by atoms with Gasteiger partial charge >= 0.3 is 0 Å². The number of halogens is 1. The number of nitrogens with one attached hydrogen (secondary N) is 1. The molecule has 0 radical (unpaired) electrons. The van der Waals surface area contributed by atoms with E-state index in [0.29, 0.717) is 22.7 Å². The van der Waals surface area contributed by atoms with Crippen LogP contribution in [0.5, 0.6) is 0 Å². The Bertz CT molecular complexity index is 577. The normalized spacial score (nSPS) is 10.8. The molecule has 0 saturated carbocycles. The lowest BCUT2D eigenvalue weighted by Gasteiger charge is -2.09. The van der Waals surface area contributed by atoms with Crippen LogP contribution in [0, 0.1) is 18.8 Å². The molecule has 1 rings (SSSR count). The maximum Gasteiger partial charge on any atom is 0.240 e. The second-order valence-corrected chi connectivity index (χ2v) is 5.87. The molecule has 18 heavy (non-hydrogen) atoms. The molecule has 0 atom stereocenters. The lowest BCUT2D eigenvalue weighted by atomic mass is 10.2. The van der Waals surface area contributed by atoms with Gasteiger partial charge < -0.3 is 5.73 Å². The van der Waals surface area contributed by atoms with Crippen LogP contribution in [0.1, 0.15) is 18.9 Å². The summed E-state index contributed by atoms with van der Waals surface area (Å²) >= 11 is 5.91. The number of rotatable bonds is 4. The summed E-state index contributed by atoms with van der Waals surface area (Å²) in [7, 11) is -3.58. The monoisotopic (exact) mass is 286 g/mol. The molecule has 0 saturated heterocycles. The zero-order valence-corrected chi connectivity index (χ0v) is 11.8. The smallest absolute Gasteiger partial charge is 0.240 e. The summed E-state index contributed by atoms with van der Waals surface area (Å²) in [6, 6.07) is 2.79. The van der Waals surface area contributed by atoms with Crippen molar-refractivity contribution in [3.63, 3.8) is 0 Å². The molecule has 0 aliphatic rings. The Kier molecular flexibility index (Phi) is 5.03. The fourth-order valence-corrected chi connectivity index (χ4v) is 2.67. The summed E-state index contributed by atoms with van der Waals surface area (Å²) in [5, 5.41) is 0.337. The first-order chi connectivity index (χ1) is 8.38. The summed E-state index contributed by atoms with van der Waals surface area (Å²) in [5.74, 6) is 5.47. The number of hydrogen-bond donors (Lipinski definition) is 2. The Labute approximate surface area is 113 Å². The van der Waals surface area contributed by atoms with Crippen LogP contribution in [0.3, 0.4) is 0 Å². The second kappa shape index (κ2) is 6.10. The Morgan fingerprint density at radius 2 is 2.11 bits per heavy atom. The van der Waals surface area contributed by atoms with Crippen LogP contribution in [0.4, 0.5) is 5.69 Å². The number of benzene rings is 1. The van der Waals surface area contributed by atoms with Crippen molar-refractivity contribution in [3.05, 3.63) is 22.7 Å². The van der Waals surface area contributed by atoms with Gasteiger partial charge in [-0.3, -0.25) is 0 Å². The zero-order chi connectivity index (χ0) is 13.8. The van der Waals surface area contributed by atoms with Crippen LogP contribution >= 0.6 is 11.6 Å². The summed E-state index contributed by atoms with van der Waals surface area (Å²) in [5.41, 5.74) is 6.73. The van der Waals surface area contributed by atoms with Gasteiger partial charge in [-0.05, 0) is 31.5 Å². The highest BCUT2D eigenvalue weighted by Gasteiger charge is 2.15. The average molecular weight is 287 g/mol. The molecule has 0 aliphatic carbocycles. The number of nitrogen functional groups attached to an aromatic ring is 1. The first-order valence-electron chi connectivity index (χ1n) is 5.33. The minimum absolute atomic E-state index is 0.0695. The highest BCUT2D eigenvalue weighted by molar-refractivity contribution is 7.89. The minimum Gasteiger partial charge on any atom is -0.398 e. The van der Waals surface area contributed by atoms with E-state index in [0.717, 1.165) is 0 Å². The maximum atomic E-state index is 11.9. The van der Waals surface area contributed by atoms with Gasteiger partial charge in [-0.1, -0.05) is 11.6 Å². The van der Waals surface area contributed by atoms with Crippen molar-refractivity contribution in [2.45, 2.75) is 25.2 Å². The highest BCUT2D eigenvalue weighted by atomic mass is 35.5. The van der Waals surface area contributed by atoms with E-state index >= 15 is 0 Å². The van der Waals surface area contributed by atoms with Crippen molar-refractivity contribution in [3.8, 4) is 11.8 Å². The largest absolute Gasteiger partial charge is 0.398 e. The van der Waals surface area contributed by atoms with Gasteiger partial charge in [-0.2, -0.15) is 0 Å². The predicted molar refractivity (Wildman–Crippen MR) is 73.9 cm³/mol. The van der Waals surface area contributed by atoms with Gasteiger partial charge in [0.25, 0.3) is 0 Å². The van der Waals surface area contributed by atoms with Crippen LogP contribution in [0.15, 0.2) is 17.0 Å². The van der Waals surface area contributed by atoms with E-state index in [1.165, 1.54) is 12.1 Å². The van der Waals surface area contributed by atoms with Crippen LogP contribution in [0.2, 0.25) is 5.02 Å². The summed E-state index contributed by atoms with van der Waals surface area (Å²) < 4.78 is 26.3. The lowest BCUT2D eigenvalue weighted by molar-refractivity contribution is 0.582. The SMILES string of the molecule is CC#CCCNS(=O)(=O)c1cc(N)c(C)c(Cl)c1. The van der Waals surface area contributed by atoms with E-state index in [4.69, 9.17) is 17.3 Å². The van der Waals surface area contributed by atoms with Crippen LogP contribution < -0.4 is 10.5 Å². The highest BCUT2D eigenvalue weighted by Crippen LogP contribution is 2.25. The third-order valence-electron chi connectivity index (χ3n) is 2.39. The molecule has 0 unspecified atom stereocenters. The van der Waals surface area contributed by atoms with Crippen molar-refractivity contribution in [1.29, 1.82) is 0 Å². The van der Waals surface area contributed by atoms with Crippen molar-refractivity contribution < 1.29 is 8.42 Å². The predicted octanol–water partition coefficient (Wildman–Crippen LogP) is 1.92. The summed E-state index contributed by atoms with van der Waals surface area (Å²) in [6.07, 6.45) is 0.463. The van der Waals surface area contributed by atoms with Crippen molar-refractivity contribution in [1.82, 2.24) is 4.72 Å². The summed E-state index contributed by atoms with van der Waals surface area (Å²) in [4.78, 5) is 0.0695. The Morgan fingerprint density at radius 3 is 2.67 bits per heavy atom. The number of hydrogen-bond acceptors (Lipinski definition) is 3. The Balaban J connectivity index is 2.94. The lowest BCUT2D eigenvalue weighted by Crippen LogP contribution is -2.24. The standard InChI is InChI=1S/C12H15ClN2O2S/c1-3-4-5-6-15-18(16,17)10-7-11(13)9(2)12(14)8-10/h7-8,15H,5-6,14H2,1-2H3. The third kappa shape index (κ3) is 3.64. The first kappa shape index (κ1) is 14.8. The van der Waals surface area contributed by atoms with Gasteiger partial charge in [-0.15, -0.1) is 11.8 Å². The van der Waals surface area contributed by atoms with Crippen LogP contribution in [-0.4, -0.2) is 15.0 Å². The van der Waals surface area contributed by atoms with Gasteiger partial charge in [0.15, 0.2) is 0 Å². The molecule has 0 spiro atoms. The van der Waals surface area contributed by atoms with Crippen molar-refractivity contribution in [2.75, 3.05) is 12.3 Å². The molecule has 0 fully saturated rings. The third-order valence-corrected chi connectivity index (χ3v) is 4.22. The molecule has 0 bridgehead atoms. The topological polar surface area (TPSA) is 72.2 Å². The van der Waals surface area contributed by atoms with E-state index in [2.05, 4.69) is 16.6 Å². The molecule has 0 aliphatic heterocycles. The minimum atomic E-state index is -3.58. The fourth-order valence-electron chi connectivity index (χ4n) is 1.29. The maximum absolute atomic E-state index is 11.9. The molecule has 1 aromatic rings. The van der Waals surface area contributed by atoms with E-state index in [9.17, 15) is 8.42 Å². The molecular weight excluding hydrogens is 272 g/mol. The molecular formula is C12H15ClN2O2S. The average Bonchev–Trinajstić information content (AvgIpc) is 2.31. The zero-order valence-electron chi connectivity index (χ0n) is 10.2. The van der Waals surface area contributed by atoms with Gasteiger partial charge in [0.05, 0.1) is 4.90 Å². The molecule has 0 heterocycles. The van der Waals surface area contributed by atoms with E-state index < -0.39 is 10.0 Å². The van der Waals surface area contributed by atoms with Crippen LogP contribution in [-0.2, 0) is 10.0 Å². The van der Waals surface area contributed by atoms with Crippen LogP contribution in [0.25, 0.3) is 0 Å². The number of anilines is 1. The van der Waals surface area contributed by atoms with E-state index in [1.54, 1.807) is 13.8 Å². The quantitative estimate of drug-likeness (QED) is 0.505. The molecule has 0 amide bonds.